The van der Waals surface area contributed by atoms with E-state index in [1.807, 2.05) is 37.4 Å². The summed E-state index contributed by atoms with van der Waals surface area (Å²) in [7, 11) is 1.86. The van der Waals surface area contributed by atoms with Crippen LogP contribution in [0.4, 0.5) is 5.69 Å². The zero-order chi connectivity index (χ0) is 9.97. The topological polar surface area (TPSA) is 25.2 Å². The normalized spacial score (nSPS) is 10.1. The first-order valence-corrected chi connectivity index (χ1v) is 4.70. The molecule has 0 radical (unpaired) electrons. The lowest BCUT2D eigenvalue weighted by molar-refractivity contribution is 0.582. The minimum absolute atomic E-state index is 0.713. The van der Waals surface area contributed by atoms with Gasteiger partial charge < -0.3 is 9.73 Å². The van der Waals surface area contributed by atoms with Crippen LogP contribution >= 0.6 is 11.6 Å². The van der Waals surface area contributed by atoms with E-state index < -0.39 is 0 Å². The Morgan fingerprint density at radius 2 is 2.14 bits per heavy atom. The van der Waals surface area contributed by atoms with Crippen LogP contribution in [-0.4, -0.2) is 7.05 Å². The molecule has 0 aliphatic heterocycles. The van der Waals surface area contributed by atoms with Crippen LogP contribution in [0.1, 0.15) is 0 Å². The fourth-order valence-corrected chi connectivity index (χ4v) is 1.54. The van der Waals surface area contributed by atoms with Gasteiger partial charge in [0.1, 0.15) is 5.76 Å². The van der Waals surface area contributed by atoms with Crippen molar-refractivity contribution in [2.24, 2.45) is 0 Å². The average molecular weight is 208 g/mol. The number of furan rings is 1. The van der Waals surface area contributed by atoms with E-state index in [1.165, 1.54) is 0 Å². The quantitative estimate of drug-likeness (QED) is 0.814. The average Bonchev–Trinajstić information content (AvgIpc) is 2.70. The number of hydrogen-bond acceptors (Lipinski definition) is 2. The molecule has 0 aliphatic rings. The molecule has 2 nitrogen and oxygen atoms in total. The zero-order valence-electron chi connectivity index (χ0n) is 7.75. The number of anilines is 1. The SMILES string of the molecule is CNc1cc(Cl)ccc1-c1ccco1. The maximum absolute atomic E-state index is 5.89. The first kappa shape index (κ1) is 9.16. The Morgan fingerprint density at radius 3 is 2.79 bits per heavy atom. The molecule has 0 atom stereocenters. The van der Waals surface area contributed by atoms with Crippen LogP contribution in [0.3, 0.4) is 0 Å². The summed E-state index contributed by atoms with van der Waals surface area (Å²) in [5, 5.41) is 3.79. The summed E-state index contributed by atoms with van der Waals surface area (Å²) in [6, 6.07) is 9.44. The van der Waals surface area contributed by atoms with Crippen molar-refractivity contribution >= 4 is 17.3 Å². The third-order valence-corrected chi connectivity index (χ3v) is 2.27. The van der Waals surface area contributed by atoms with E-state index in [1.54, 1.807) is 6.26 Å². The Bertz CT molecular complexity index is 423. The van der Waals surface area contributed by atoms with Crippen LogP contribution in [0.5, 0.6) is 0 Å². The maximum atomic E-state index is 5.89. The highest BCUT2D eigenvalue weighted by atomic mass is 35.5. The molecule has 14 heavy (non-hydrogen) atoms. The van der Waals surface area contributed by atoms with E-state index in [4.69, 9.17) is 16.0 Å². The third-order valence-electron chi connectivity index (χ3n) is 2.04. The smallest absolute Gasteiger partial charge is 0.135 e. The fourth-order valence-electron chi connectivity index (χ4n) is 1.37. The van der Waals surface area contributed by atoms with Crippen molar-refractivity contribution < 1.29 is 4.42 Å². The lowest BCUT2D eigenvalue weighted by Gasteiger charge is -2.06. The molecular weight excluding hydrogens is 198 g/mol. The number of halogens is 1. The van der Waals surface area contributed by atoms with Gasteiger partial charge in [-0.25, -0.2) is 0 Å². The number of nitrogens with one attached hydrogen (secondary N) is 1. The number of hydrogen-bond donors (Lipinski definition) is 1. The molecule has 3 heteroatoms. The predicted molar refractivity (Wildman–Crippen MR) is 58.7 cm³/mol. The molecule has 72 valence electrons. The molecule has 1 heterocycles. The molecule has 1 N–H and O–H groups in total. The Hall–Kier alpha value is -1.41. The van der Waals surface area contributed by atoms with Gasteiger partial charge in [0.05, 0.1) is 6.26 Å². The zero-order valence-corrected chi connectivity index (χ0v) is 8.51. The molecule has 0 unspecified atom stereocenters. The molecule has 0 aliphatic carbocycles. The Morgan fingerprint density at radius 1 is 1.29 bits per heavy atom. The van der Waals surface area contributed by atoms with Crippen LogP contribution in [-0.2, 0) is 0 Å². The summed E-state index contributed by atoms with van der Waals surface area (Å²) >= 11 is 5.89. The second-order valence-corrected chi connectivity index (χ2v) is 3.35. The highest BCUT2D eigenvalue weighted by Gasteiger charge is 2.06. The molecule has 0 amide bonds. The van der Waals surface area contributed by atoms with Crippen molar-refractivity contribution in [2.45, 2.75) is 0 Å². The minimum atomic E-state index is 0.713. The number of benzene rings is 1. The van der Waals surface area contributed by atoms with Gasteiger partial charge >= 0.3 is 0 Å². The standard InChI is InChI=1S/C11H10ClNO/c1-13-10-7-8(12)4-5-9(10)11-3-2-6-14-11/h2-7,13H,1H3. The van der Waals surface area contributed by atoms with Gasteiger partial charge in [-0.3, -0.25) is 0 Å². The van der Waals surface area contributed by atoms with Crippen LogP contribution in [0.2, 0.25) is 5.02 Å². The lowest BCUT2D eigenvalue weighted by Crippen LogP contribution is -1.90. The van der Waals surface area contributed by atoms with Gasteiger partial charge in [0, 0.05) is 23.3 Å². The Kier molecular flexibility index (Phi) is 2.46. The molecule has 1 aromatic carbocycles. The second kappa shape index (κ2) is 3.76. The Labute approximate surface area is 87.5 Å². The van der Waals surface area contributed by atoms with Crippen molar-refractivity contribution in [1.29, 1.82) is 0 Å². The van der Waals surface area contributed by atoms with Gasteiger partial charge in [0.25, 0.3) is 0 Å². The first-order valence-electron chi connectivity index (χ1n) is 4.32. The van der Waals surface area contributed by atoms with Crippen LogP contribution in [0.15, 0.2) is 41.0 Å². The van der Waals surface area contributed by atoms with Crippen LogP contribution in [0, 0.1) is 0 Å². The van der Waals surface area contributed by atoms with Gasteiger partial charge in [-0.15, -0.1) is 0 Å². The van der Waals surface area contributed by atoms with E-state index in [0.29, 0.717) is 5.02 Å². The highest BCUT2D eigenvalue weighted by Crippen LogP contribution is 2.30. The summed E-state index contributed by atoms with van der Waals surface area (Å²) in [5.41, 5.74) is 1.98. The van der Waals surface area contributed by atoms with Crippen molar-refractivity contribution in [1.82, 2.24) is 0 Å². The largest absolute Gasteiger partial charge is 0.464 e. The van der Waals surface area contributed by atoms with E-state index in [9.17, 15) is 0 Å². The molecular formula is C11H10ClNO. The monoisotopic (exact) mass is 207 g/mol. The van der Waals surface area contributed by atoms with Crippen molar-refractivity contribution in [3.8, 4) is 11.3 Å². The van der Waals surface area contributed by atoms with Crippen molar-refractivity contribution in [3.63, 3.8) is 0 Å². The summed E-state index contributed by atoms with van der Waals surface area (Å²) in [6.07, 6.45) is 1.66. The van der Waals surface area contributed by atoms with Crippen LogP contribution in [0.25, 0.3) is 11.3 Å². The van der Waals surface area contributed by atoms with E-state index >= 15 is 0 Å². The van der Waals surface area contributed by atoms with Crippen molar-refractivity contribution in [2.75, 3.05) is 12.4 Å². The van der Waals surface area contributed by atoms with E-state index in [2.05, 4.69) is 5.32 Å². The molecule has 2 rings (SSSR count). The van der Waals surface area contributed by atoms with Gasteiger partial charge in [0.15, 0.2) is 0 Å². The molecule has 0 spiro atoms. The van der Waals surface area contributed by atoms with Gasteiger partial charge in [-0.1, -0.05) is 11.6 Å². The second-order valence-electron chi connectivity index (χ2n) is 2.92. The van der Waals surface area contributed by atoms with E-state index in [0.717, 1.165) is 17.0 Å². The first-order chi connectivity index (χ1) is 6.81. The maximum Gasteiger partial charge on any atom is 0.135 e. The number of rotatable bonds is 2. The fraction of sp³-hybridized carbons (Fsp3) is 0.0909. The van der Waals surface area contributed by atoms with Gasteiger partial charge in [-0.2, -0.15) is 0 Å². The lowest BCUT2D eigenvalue weighted by atomic mass is 10.1. The van der Waals surface area contributed by atoms with Gasteiger partial charge in [-0.05, 0) is 30.3 Å². The molecule has 0 saturated carbocycles. The van der Waals surface area contributed by atoms with Gasteiger partial charge in [0.2, 0.25) is 0 Å². The molecule has 0 fully saturated rings. The highest BCUT2D eigenvalue weighted by molar-refractivity contribution is 6.31. The molecule has 0 bridgehead atoms. The summed E-state index contributed by atoms with van der Waals surface area (Å²) < 4.78 is 5.32. The van der Waals surface area contributed by atoms with Crippen molar-refractivity contribution in [3.05, 3.63) is 41.6 Å². The Balaban J connectivity index is 2.53. The molecule has 0 saturated heterocycles. The minimum Gasteiger partial charge on any atom is -0.464 e. The predicted octanol–water partition coefficient (Wildman–Crippen LogP) is 3.64. The summed E-state index contributed by atoms with van der Waals surface area (Å²) in [6.45, 7) is 0. The third kappa shape index (κ3) is 1.61. The summed E-state index contributed by atoms with van der Waals surface area (Å²) in [5.74, 6) is 0.839. The molecule has 2 aromatic rings. The van der Waals surface area contributed by atoms with Crippen LogP contribution < -0.4 is 5.32 Å². The van der Waals surface area contributed by atoms with E-state index in [-0.39, 0.29) is 0 Å². The summed E-state index contributed by atoms with van der Waals surface area (Å²) in [4.78, 5) is 0. The molecule has 1 aromatic heterocycles.